The van der Waals surface area contributed by atoms with Gasteiger partial charge in [0.1, 0.15) is 11.6 Å². The topological polar surface area (TPSA) is 67.3 Å². The summed E-state index contributed by atoms with van der Waals surface area (Å²) in [6.45, 7) is 4.78. The number of nitrogens with one attached hydrogen (secondary N) is 1. The van der Waals surface area contributed by atoms with Crippen molar-refractivity contribution in [3.05, 3.63) is 59.8 Å². The van der Waals surface area contributed by atoms with Gasteiger partial charge in [-0.3, -0.25) is 9.88 Å². The number of rotatable bonds is 7. The maximum atomic E-state index is 13.0. The zero-order valence-corrected chi connectivity index (χ0v) is 15.3. The van der Waals surface area contributed by atoms with Gasteiger partial charge in [0.2, 0.25) is 0 Å². The molecule has 1 aromatic carbocycles. The van der Waals surface area contributed by atoms with Gasteiger partial charge < -0.3 is 10.1 Å². The summed E-state index contributed by atoms with van der Waals surface area (Å²) in [6.07, 6.45) is 7.20. The molecule has 142 valence electrons. The van der Waals surface area contributed by atoms with Gasteiger partial charge in [-0.1, -0.05) is 12.1 Å². The molecule has 0 spiro atoms. The summed E-state index contributed by atoms with van der Waals surface area (Å²) in [7, 11) is 0. The minimum Gasteiger partial charge on any atom is -0.463 e. The molecule has 1 aliphatic rings. The van der Waals surface area contributed by atoms with Gasteiger partial charge in [-0.05, 0) is 37.1 Å². The third kappa shape index (κ3) is 5.86. The highest BCUT2D eigenvalue weighted by atomic mass is 19.1. The van der Waals surface area contributed by atoms with Gasteiger partial charge >= 0.3 is 5.97 Å². The Balaban J connectivity index is 1.48. The number of aromatic nitrogens is 2. The van der Waals surface area contributed by atoms with E-state index in [9.17, 15) is 9.18 Å². The molecule has 0 amide bonds. The fourth-order valence-corrected chi connectivity index (χ4v) is 2.99. The molecular formula is C20H23FN4O2. The number of esters is 1. The molecular weight excluding hydrogens is 347 g/mol. The van der Waals surface area contributed by atoms with Crippen LogP contribution in [0.15, 0.2) is 42.7 Å². The van der Waals surface area contributed by atoms with E-state index in [4.69, 9.17) is 4.74 Å². The number of carbonyl (C=O) groups excluding carboxylic acids is 1. The summed E-state index contributed by atoms with van der Waals surface area (Å²) in [6, 6.07) is 6.93. The Morgan fingerprint density at radius 3 is 2.85 bits per heavy atom. The van der Waals surface area contributed by atoms with E-state index in [1.165, 1.54) is 18.2 Å². The van der Waals surface area contributed by atoms with Crippen molar-refractivity contribution < 1.29 is 13.9 Å². The third-order valence-corrected chi connectivity index (χ3v) is 4.29. The van der Waals surface area contributed by atoms with Gasteiger partial charge in [0.25, 0.3) is 0 Å². The molecule has 1 atom stereocenters. The first-order chi connectivity index (χ1) is 13.1. The van der Waals surface area contributed by atoms with Gasteiger partial charge in [0.15, 0.2) is 0 Å². The molecule has 0 aliphatic carbocycles. The van der Waals surface area contributed by atoms with Gasteiger partial charge in [0.05, 0.1) is 24.7 Å². The molecule has 27 heavy (non-hydrogen) atoms. The standard InChI is InChI=1S/C20H23FN4O2/c1-2-27-20(26)8-7-17-11-23-19(12-22-17)24-18-9-10-25(14-18)13-15-3-5-16(21)6-4-15/h3-8,11-12,18H,2,9-10,13-14H2,1H3,(H,23,24)/b8-7+/t18-/m1/s1. The molecule has 2 aromatic rings. The van der Waals surface area contributed by atoms with E-state index >= 15 is 0 Å². The number of hydrogen-bond acceptors (Lipinski definition) is 6. The summed E-state index contributed by atoms with van der Waals surface area (Å²) in [5, 5.41) is 3.39. The van der Waals surface area contributed by atoms with Crippen LogP contribution >= 0.6 is 0 Å². The average molecular weight is 370 g/mol. The second-order valence-electron chi connectivity index (χ2n) is 6.40. The third-order valence-electron chi connectivity index (χ3n) is 4.29. The van der Waals surface area contributed by atoms with E-state index in [-0.39, 0.29) is 5.82 Å². The predicted octanol–water partition coefficient (Wildman–Crippen LogP) is 2.88. The average Bonchev–Trinajstić information content (AvgIpc) is 3.10. The van der Waals surface area contributed by atoms with E-state index in [1.54, 1.807) is 25.4 Å². The van der Waals surface area contributed by atoms with E-state index in [1.807, 2.05) is 12.1 Å². The number of anilines is 1. The first kappa shape index (κ1) is 19.0. The number of likely N-dealkylation sites (tertiary alicyclic amines) is 1. The fourth-order valence-electron chi connectivity index (χ4n) is 2.99. The van der Waals surface area contributed by atoms with Crippen molar-refractivity contribution in [2.45, 2.75) is 25.9 Å². The Labute approximate surface area is 158 Å². The van der Waals surface area contributed by atoms with Gasteiger partial charge in [-0.2, -0.15) is 0 Å². The summed E-state index contributed by atoms with van der Waals surface area (Å²) in [5.41, 5.74) is 1.70. The van der Waals surface area contributed by atoms with Crippen LogP contribution in [0.25, 0.3) is 6.08 Å². The lowest BCUT2D eigenvalue weighted by Crippen LogP contribution is -2.26. The van der Waals surface area contributed by atoms with Crippen LogP contribution in [0.1, 0.15) is 24.6 Å². The molecule has 1 aromatic heterocycles. The SMILES string of the molecule is CCOC(=O)/C=C/c1cnc(N[C@@H]2CCN(Cc3ccc(F)cc3)C2)cn1. The van der Waals surface area contributed by atoms with Gasteiger partial charge in [0, 0.05) is 31.8 Å². The van der Waals surface area contributed by atoms with E-state index in [2.05, 4.69) is 20.2 Å². The number of benzene rings is 1. The number of ether oxygens (including phenoxy) is 1. The lowest BCUT2D eigenvalue weighted by molar-refractivity contribution is -0.137. The smallest absolute Gasteiger partial charge is 0.330 e. The summed E-state index contributed by atoms with van der Waals surface area (Å²) < 4.78 is 17.8. The van der Waals surface area contributed by atoms with Crippen LogP contribution in [0.2, 0.25) is 0 Å². The van der Waals surface area contributed by atoms with Crippen molar-refractivity contribution in [2.24, 2.45) is 0 Å². The van der Waals surface area contributed by atoms with E-state index < -0.39 is 5.97 Å². The maximum Gasteiger partial charge on any atom is 0.330 e. The minimum absolute atomic E-state index is 0.209. The molecule has 0 unspecified atom stereocenters. The van der Waals surface area contributed by atoms with E-state index in [0.29, 0.717) is 24.2 Å². The summed E-state index contributed by atoms with van der Waals surface area (Å²) in [4.78, 5) is 22.3. The van der Waals surface area contributed by atoms with Crippen LogP contribution in [0.3, 0.4) is 0 Å². The Bertz CT molecular complexity index is 778. The largest absolute Gasteiger partial charge is 0.463 e. The second kappa shape index (κ2) is 9.23. The molecule has 2 heterocycles. The van der Waals surface area contributed by atoms with Crippen molar-refractivity contribution in [1.82, 2.24) is 14.9 Å². The van der Waals surface area contributed by atoms with Crippen molar-refractivity contribution >= 4 is 17.9 Å². The van der Waals surface area contributed by atoms with Crippen molar-refractivity contribution in [1.29, 1.82) is 0 Å². The molecule has 1 fully saturated rings. The molecule has 1 aliphatic heterocycles. The first-order valence-corrected chi connectivity index (χ1v) is 9.02. The molecule has 7 heteroatoms. The van der Waals surface area contributed by atoms with Crippen LogP contribution in [0.5, 0.6) is 0 Å². The molecule has 0 saturated carbocycles. The molecule has 1 N–H and O–H groups in total. The first-order valence-electron chi connectivity index (χ1n) is 9.02. The fraction of sp³-hybridized carbons (Fsp3) is 0.350. The number of nitrogens with zero attached hydrogens (tertiary/aromatic N) is 3. The molecule has 6 nitrogen and oxygen atoms in total. The quantitative estimate of drug-likeness (QED) is 0.597. The van der Waals surface area contributed by atoms with Gasteiger partial charge in [-0.25, -0.2) is 14.2 Å². The lowest BCUT2D eigenvalue weighted by Gasteiger charge is -2.17. The Morgan fingerprint density at radius 2 is 2.15 bits per heavy atom. The number of halogens is 1. The molecule has 0 radical (unpaired) electrons. The molecule has 1 saturated heterocycles. The number of carbonyl (C=O) groups is 1. The van der Waals surface area contributed by atoms with Crippen LogP contribution in [-0.4, -0.2) is 46.6 Å². The summed E-state index contributed by atoms with van der Waals surface area (Å²) in [5.74, 6) is 0.101. The van der Waals surface area contributed by atoms with Crippen molar-refractivity contribution in [3.8, 4) is 0 Å². The van der Waals surface area contributed by atoms with Crippen LogP contribution < -0.4 is 5.32 Å². The Hall–Kier alpha value is -2.80. The normalized spacial score (nSPS) is 17.3. The lowest BCUT2D eigenvalue weighted by atomic mass is 10.2. The van der Waals surface area contributed by atoms with Crippen LogP contribution in [0, 0.1) is 5.82 Å². The monoisotopic (exact) mass is 370 g/mol. The minimum atomic E-state index is -0.395. The predicted molar refractivity (Wildman–Crippen MR) is 101 cm³/mol. The number of hydrogen-bond donors (Lipinski definition) is 1. The zero-order valence-electron chi connectivity index (χ0n) is 15.3. The molecule has 3 rings (SSSR count). The summed E-state index contributed by atoms with van der Waals surface area (Å²) >= 11 is 0. The highest BCUT2D eigenvalue weighted by molar-refractivity contribution is 5.86. The van der Waals surface area contributed by atoms with Crippen LogP contribution in [0.4, 0.5) is 10.2 Å². The zero-order chi connectivity index (χ0) is 19.1. The van der Waals surface area contributed by atoms with Crippen molar-refractivity contribution in [3.63, 3.8) is 0 Å². The van der Waals surface area contributed by atoms with Crippen molar-refractivity contribution in [2.75, 3.05) is 25.0 Å². The van der Waals surface area contributed by atoms with Gasteiger partial charge in [-0.15, -0.1) is 0 Å². The van der Waals surface area contributed by atoms with E-state index in [0.717, 1.165) is 31.6 Å². The maximum absolute atomic E-state index is 13.0. The Kier molecular flexibility index (Phi) is 6.49. The highest BCUT2D eigenvalue weighted by Crippen LogP contribution is 2.17. The second-order valence-corrected chi connectivity index (χ2v) is 6.40. The molecule has 0 bridgehead atoms. The van der Waals surface area contributed by atoms with Crippen LogP contribution in [-0.2, 0) is 16.1 Å². The Morgan fingerprint density at radius 1 is 1.33 bits per heavy atom. The highest BCUT2D eigenvalue weighted by Gasteiger charge is 2.22.